The van der Waals surface area contributed by atoms with E-state index in [0.29, 0.717) is 13.1 Å². The van der Waals surface area contributed by atoms with Gasteiger partial charge >= 0.3 is 6.09 Å². The Bertz CT molecular complexity index is 624. The second-order valence-corrected chi connectivity index (χ2v) is 5.13. The number of pyridine rings is 1. The number of nitrogens with zero attached hydrogens (tertiary/aromatic N) is 2. The Labute approximate surface area is 123 Å². The predicted octanol–water partition coefficient (Wildman–Crippen LogP) is 1.76. The van der Waals surface area contributed by atoms with Crippen LogP contribution in [0.4, 0.5) is 4.79 Å². The Kier molecular flexibility index (Phi) is 3.73. The molecule has 5 heteroatoms. The van der Waals surface area contributed by atoms with Crippen LogP contribution in [0.1, 0.15) is 5.56 Å². The second kappa shape index (κ2) is 5.83. The summed E-state index contributed by atoms with van der Waals surface area (Å²) in [5.74, 6) is 0.767. The lowest BCUT2D eigenvalue weighted by molar-refractivity contribution is -0.688. The Morgan fingerprint density at radius 1 is 1.24 bits per heavy atom. The number of carbonyl (C=O) groups is 1. The van der Waals surface area contributed by atoms with Crippen LogP contribution in [-0.2, 0) is 6.54 Å². The Morgan fingerprint density at radius 3 is 2.71 bits per heavy atom. The minimum Gasteiger partial charge on any atom is -0.480 e. The highest BCUT2D eigenvalue weighted by Crippen LogP contribution is 2.16. The van der Waals surface area contributed by atoms with Crippen molar-refractivity contribution in [3.05, 3.63) is 60.4 Å². The van der Waals surface area contributed by atoms with Gasteiger partial charge in [0.1, 0.15) is 6.10 Å². The first-order valence-electron chi connectivity index (χ1n) is 6.88. The number of rotatable bonds is 4. The van der Waals surface area contributed by atoms with Crippen LogP contribution in [0.5, 0.6) is 5.75 Å². The van der Waals surface area contributed by atoms with E-state index in [-0.39, 0.29) is 6.10 Å². The quantitative estimate of drug-likeness (QED) is 0.871. The normalized spacial score (nSPS) is 14.6. The monoisotopic (exact) mass is 285 g/mol. The van der Waals surface area contributed by atoms with E-state index in [1.165, 1.54) is 10.5 Å². The Morgan fingerprint density at radius 2 is 2.00 bits per heavy atom. The van der Waals surface area contributed by atoms with E-state index in [9.17, 15) is 4.79 Å². The van der Waals surface area contributed by atoms with Gasteiger partial charge in [0.15, 0.2) is 18.5 Å². The number of carboxylic acid groups (broad SMARTS) is 1. The van der Waals surface area contributed by atoms with Crippen LogP contribution in [0.25, 0.3) is 0 Å². The zero-order chi connectivity index (χ0) is 14.7. The number of ether oxygens (including phenoxy) is 1. The lowest BCUT2D eigenvalue weighted by atomic mass is 10.2. The summed E-state index contributed by atoms with van der Waals surface area (Å²) in [5.41, 5.74) is 1.22. The zero-order valence-electron chi connectivity index (χ0n) is 11.6. The summed E-state index contributed by atoms with van der Waals surface area (Å²) in [7, 11) is 0. The molecular formula is C16H17N2O3+. The van der Waals surface area contributed by atoms with Crippen molar-refractivity contribution in [3.8, 4) is 5.75 Å². The number of amides is 1. The highest BCUT2D eigenvalue weighted by Gasteiger charge is 2.32. The van der Waals surface area contributed by atoms with Gasteiger partial charge in [-0.2, -0.15) is 4.57 Å². The third-order valence-electron chi connectivity index (χ3n) is 3.46. The third-order valence-corrected chi connectivity index (χ3v) is 3.46. The molecule has 0 aliphatic carbocycles. The third kappa shape index (κ3) is 3.31. The van der Waals surface area contributed by atoms with Gasteiger partial charge in [-0.05, 0) is 6.07 Å². The molecule has 0 atom stereocenters. The molecule has 2 aromatic rings. The molecule has 0 bridgehead atoms. The molecule has 0 unspecified atom stereocenters. The number of aromatic nitrogens is 1. The molecule has 21 heavy (non-hydrogen) atoms. The summed E-state index contributed by atoms with van der Waals surface area (Å²) in [6.45, 7) is 1.65. The maximum absolute atomic E-state index is 10.7. The molecule has 0 spiro atoms. The van der Waals surface area contributed by atoms with Gasteiger partial charge in [-0.15, -0.1) is 0 Å². The fraction of sp³-hybridized carbons (Fsp3) is 0.250. The van der Waals surface area contributed by atoms with Crippen LogP contribution in [0.3, 0.4) is 0 Å². The van der Waals surface area contributed by atoms with Crippen molar-refractivity contribution < 1.29 is 19.2 Å². The molecule has 1 aromatic carbocycles. The fourth-order valence-electron chi connectivity index (χ4n) is 2.32. The van der Waals surface area contributed by atoms with E-state index in [2.05, 4.69) is 16.7 Å². The van der Waals surface area contributed by atoms with Crippen LogP contribution in [0.15, 0.2) is 54.9 Å². The van der Waals surface area contributed by atoms with Gasteiger partial charge < -0.3 is 14.7 Å². The molecule has 0 saturated carbocycles. The number of hydrogen-bond acceptors (Lipinski definition) is 2. The first-order chi connectivity index (χ1) is 10.2. The summed E-state index contributed by atoms with van der Waals surface area (Å²) in [4.78, 5) is 12.0. The van der Waals surface area contributed by atoms with Crippen molar-refractivity contribution in [2.75, 3.05) is 13.1 Å². The van der Waals surface area contributed by atoms with Crippen LogP contribution in [0, 0.1) is 0 Å². The minimum atomic E-state index is -0.887. The van der Waals surface area contributed by atoms with Crippen LogP contribution in [0.2, 0.25) is 0 Å². The van der Waals surface area contributed by atoms with Gasteiger partial charge in [-0.3, -0.25) is 0 Å². The van der Waals surface area contributed by atoms with Gasteiger partial charge in [0.05, 0.1) is 13.1 Å². The second-order valence-electron chi connectivity index (χ2n) is 5.13. The molecule has 2 heterocycles. The standard InChI is InChI=1S/C16H16N2O3/c19-16(20)18-11-15(12-18)21-14-7-4-8-17(10-14)9-13-5-2-1-3-6-13/h1-8,10,15H,9,11-12H2/p+1. The number of likely N-dealkylation sites (tertiary alicyclic amines) is 1. The number of benzene rings is 1. The molecule has 1 amide bonds. The lowest BCUT2D eigenvalue weighted by Crippen LogP contribution is -2.55. The van der Waals surface area contributed by atoms with E-state index in [1.807, 2.05) is 42.7 Å². The molecule has 108 valence electrons. The molecule has 5 nitrogen and oxygen atoms in total. The topological polar surface area (TPSA) is 53.6 Å². The van der Waals surface area contributed by atoms with Gasteiger partial charge in [0, 0.05) is 11.6 Å². The first kappa shape index (κ1) is 13.4. The molecule has 1 aliphatic rings. The smallest absolute Gasteiger partial charge is 0.407 e. The van der Waals surface area contributed by atoms with E-state index >= 15 is 0 Å². The predicted molar refractivity (Wildman–Crippen MR) is 76.2 cm³/mol. The maximum Gasteiger partial charge on any atom is 0.407 e. The van der Waals surface area contributed by atoms with Gasteiger partial charge in [-0.1, -0.05) is 30.3 Å². The highest BCUT2D eigenvalue weighted by molar-refractivity contribution is 5.66. The van der Waals surface area contributed by atoms with E-state index < -0.39 is 6.09 Å². The van der Waals surface area contributed by atoms with E-state index in [1.54, 1.807) is 0 Å². The van der Waals surface area contributed by atoms with Crippen molar-refractivity contribution in [1.82, 2.24) is 4.90 Å². The zero-order valence-corrected chi connectivity index (χ0v) is 11.6. The summed E-state index contributed by atoms with van der Waals surface area (Å²) in [6, 6.07) is 14.0. The van der Waals surface area contributed by atoms with E-state index in [0.717, 1.165) is 12.3 Å². The Hall–Kier alpha value is -2.56. The maximum atomic E-state index is 10.7. The molecule has 3 rings (SSSR count). The molecule has 1 saturated heterocycles. The first-order valence-corrected chi connectivity index (χ1v) is 6.88. The van der Waals surface area contributed by atoms with Gasteiger partial charge in [0.2, 0.25) is 6.20 Å². The highest BCUT2D eigenvalue weighted by atomic mass is 16.5. The minimum absolute atomic E-state index is 0.0475. The fourth-order valence-corrected chi connectivity index (χ4v) is 2.32. The van der Waals surface area contributed by atoms with Crippen LogP contribution in [-0.4, -0.2) is 35.3 Å². The molecular weight excluding hydrogens is 268 g/mol. The van der Waals surface area contributed by atoms with Crippen molar-refractivity contribution in [3.63, 3.8) is 0 Å². The van der Waals surface area contributed by atoms with Gasteiger partial charge in [0.25, 0.3) is 0 Å². The summed E-state index contributed by atoms with van der Waals surface area (Å²) in [5, 5.41) is 8.79. The number of hydrogen-bond donors (Lipinski definition) is 1. The van der Waals surface area contributed by atoms with Crippen molar-refractivity contribution in [2.45, 2.75) is 12.6 Å². The van der Waals surface area contributed by atoms with Crippen LogP contribution < -0.4 is 9.30 Å². The molecule has 1 aliphatic heterocycles. The molecule has 0 radical (unpaired) electrons. The average Bonchev–Trinajstić information content (AvgIpc) is 2.43. The summed E-state index contributed by atoms with van der Waals surface area (Å²) < 4.78 is 7.84. The lowest BCUT2D eigenvalue weighted by Gasteiger charge is -2.36. The average molecular weight is 285 g/mol. The Balaban J connectivity index is 1.60. The van der Waals surface area contributed by atoms with Gasteiger partial charge in [-0.25, -0.2) is 4.79 Å². The van der Waals surface area contributed by atoms with Crippen LogP contribution >= 0.6 is 0 Å². The largest absolute Gasteiger partial charge is 0.480 e. The van der Waals surface area contributed by atoms with E-state index in [4.69, 9.17) is 9.84 Å². The SMILES string of the molecule is O=C(O)N1CC(Oc2ccc[n+](Cc3ccccc3)c2)C1. The van der Waals surface area contributed by atoms with Crippen molar-refractivity contribution in [2.24, 2.45) is 0 Å². The summed E-state index contributed by atoms with van der Waals surface area (Å²) >= 11 is 0. The molecule has 1 fully saturated rings. The van der Waals surface area contributed by atoms with Crippen molar-refractivity contribution >= 4 is 6.09 Å². The molecule has 1 aromatic heterocycles. The van der Waals surface area contributed by atoms with Crippen molar-refractivity contribution in [1.29, 1.82) is 0 Å². The summed E-state index contributed by atoms with van der Waals surface area (Å²) in [6.07, 6.45) is 3.00. The molecule has 1 N–H and O–H groups in total.